The molecule has 0 aliphatic rings. The first-order chi connectivity index (χ1) is 4.31. The molecule has 9 heavy (non-hydrogen) atoms. The zero-order valence-electron chi connectivity index (χ0n) is 6.55. The molecular formula is C8H16O. The van der Waals surface area contributed by atoms with Crippen LogP contribution in [0.3, 0.4) is 0 Å². The van der Waals surface area contributed by atoms with E-state index in [2.05, 4.69) is 13.8 Å². The molecule has 0 aromatic carbocycles. The highest BCUT2D eigenvalue weighted by molar-refractivity contribution is 4.65. The van der Waals surface area contributed by atoms with Crippen molar-refractivity contribution in [2.45, 2.75) is 27.2 Å². The van der Waals surface area contributed by atoms with Gasteiger partial charge in [-0.2, -0.15) is 0 Å². The van der Waals surface area contributed by atoms with Gasteiger partial charge in [-0.05, 0) is 12.8 Å². The molecule has 0 spiro atoms. The highest BCUT2D eigenvalue weighted by Gasteiger charge is 1.94. The van der Waals surface area contributed by atoms with Gasteiger partial charge in [0, 0.05) is 0 Å². The lowest BCUT2D eigenvalue weighted by Gasteiger charge is -2.05. The quantitative estimate of drug-likeness (QED) is 0.529. The molecule has 0 aromatic rings. The van der Waals surface area contributed by atoms with E-state index in [1.165, 1.54) is 6.42 Å². The van der Waals surface area contributed by atoms with Crippen LogP contribution in [-0.4, -0.2) is 6.61 Å². The summed E-state index contributed by atoms with van der Waals surface area (Å²) in [6, 6.07) is 0. The molecular weight excluding hydrogens is 112 g/mol. The summed E-state index contributed by atoms with van der Waals surface area (Å²) in [5.41, 5.74) is 0. The molecule has 0 aliphatic heterocycles. The third kappa shape index (κ3) is 5.41. The minimum Gasteiger partial charge on any atom is -0.501 e. The van der Waals surface area contributed by atoms with Crippen LogP contribution in [0.2, 0.25) is 0 Å². The van der Waals surface area contributed by atoms with Crippen LogP contribution in [0, 0.1) is 5.92 Å². The summed E-state index contributed by atoms with van der Waals surface area (Å²) in [6.45, 7) is 7.16. The molecule has 1 atom stereocenters. The maximum atomic E-state index is 5.15. The smallest absolute Gasteiger partial charge is 0.0898 e. The van der Waals surface area contributed by atoms with Crippen molar-refractivity contribution < 1.29 is 4.74 Å². The zero-order chi connectivity index (χ0) is 7.11. The monoisotopic (exact) mass is 128 g/mol. The van der Waals surface area contributed by atoms with Crippen molar-refractivity contribution in [1.82, 2.24) is 0 Å². The summed E-state index contributed by atoms with van der Waals surface area (Å²) in [7, 11) is 0. The summed E-state index contributed by atoms with van der Waals surface area (Å²) in [5, 5.41) is 0. The maximum absolute atomic E-state index is 5.15. The van der Waals surface area contributed by atoms with Gasteiger partial charge in [0.1, 0.15) is 0 Å². The van der Waals surface area contributed by atoms with Crippen LogP contribution in [0.1, 0.15) is 27.2 Å². The van der Waals surface area contributed by atoms with Gasteiger partial charge in [0.25, 0.3) is 0 Å². The Bertz CT molecular complexity index is 76.6. The molecule has 0 unspecified atom stereocenters. The number of ether oxygens (including phenoxy) is 1. The molecule has 0 heterocycles. The van der Waals surface area contributed by atoms with Gasteiger partial charge in [-0.1, -0.05) is 26.3 Å². The minimum absolute atomic E-state index is 0.682. The first-order valence-corrected chi connectivity index (χ1v) is 3.54. The van der Waals surface area contributed by atoms with Crippen LogP contribution in [-0.2, 0) is 4.74 Å². The van der Waals surface area contributed by atoms with Crippen molar-refractivity contribution >= 4 is 0 Å². The molecule has 0 aliphatic carbocycles. The summed E-state index contributed by atoms with van der Waals surface area (Å²) in [6.07, 6.45) is 4.84. The van der Waals surface area contributed by atoms with E-state index in [1.807, 2.05) is 13.0 Å². The van der Waals surface area contributed by atoms with Crippen LogP contribution in [0.5, 0.6) is 0 Å². The average Bonchev–Trinajstić information content (AvgIpc) is 1.89. The molecule has 0 N–H and O–H groups in total. The largest absolute Gasteiger partial charge is 0.501 e. The fraction of sp³-hybridized carbons (Fsp3) is 0.750. The van der Waals surface area contributed by atoms with E-state index < -0.39 is 0 Å². The predicted octanol–water partition coefficient (Wildman–Crippen LogP) is 2.58. The summed E-state index contributed by atoms with van der Waals surface area (Å²) < 4.78 is 5.15. The van der Waals surface area contributed by atoms with E-state index in [1.54, 1.807) is 6.26 Å². The molecule has 0 radical (unpaired) electrons. The summed E-state index contributed by atoms with van der Waals surface area (Å²) >= 11 is 0. The van der Waals surface area contributed by atoms with Gasteiger partial charge in [0.15, 0.2) is 0 Å². The lowest BCUT2D eigenvalue weighted by Crippen LogP contribution is -2.00. The Morgan fingerprint density at radius 1 is 1.56 bits per heavy atom. The van der Waals surface area contributed by atoms with Crippen LogP contribution in [0.4, 0.5) is 0 Å². The number of hydrogen-bond donors (Lipinski definition) is 0. The molecule has 0 rings (SSSR count). The number of rotatable bonds is 4. The van der Waals surface area contributed by atoms with Crippen LogP contribution >= 0.6 is 0 Å². The number of allylic oxidation sites excluding steroid dienone is 1. The van der Waals surface area contributed by atoms with Crippen molar-refractivity contribution in [3.05, 3.63) is 12.3 Å². The van der Waals surface area contributed by atoms with E-state index in [0.29, 0.717) is 5.92 Å². The second kappa shape index (κ2) is 5.67. The van der Waals surface area contributed by atoms with Gasteiger partial charge in [-0.15, -0.1) is 0 Å². The van der Waals surface area contributed by atoms with Gasteiger partial charge >= 0.3 is 0 Å². The third-order valence-electron chi connectivity index (χ3n) is 1.31. The Hall–Kier alpha value is -0.460. The molecule has 0 bridgehead atoms. The van der Waals surface area contributed by atoms with Crippen LogP contribution < -0.4 is 0 Å². The van der Waals surface area contributed by atoms with Gasteiger partial charge in [-0.25, -0.2) is 0 Å². The van der Waals surface area contributed by atoms with Crippen molar-refractivity contribution in [1.29, 1.82) is 0 Å². The Labute approximate surface area is 57.7 Å². The Morgan fingerprint density at radius 2 is 2.22 bits per heavy atom. The van der Waals surface area contributed by atoms with Gasteiger partial charge in [-0.3, -0.25) is 0 Å². The summed E-state index contributed by atoms with van der Waals surface area (Å²) in [5.74, 6) is 0.682. The normalized spacial score (nSPS) is 14.1. The lowest BCUT2D eigenvalue weighted by molar-refractivity contribution is 0.200. The van der Waals surface area contributed by atoms with Crippen LogP contribution in [0.15, 0.2) is 12.3 Å². The SMILES string of the molecule is CC=COC[C@@H](C)CC. The fourth-order valence-electron chi connectivity index (χ4n) is 0.434. The van der Waals surface area contributed by atoms with Gasteiger partial charge < -0.3 is 4.74 Å². The second-order valence-corrected chi connectivity index (χ2v) is 2.32. The Balaban J connectivity index is 3.06. The van der Waals surface area contributed by atoms with Crippen molar-refractivity contribution in [3.8, 4) is 0 Å². The lowest BCUT2D eigenvalue weighted by atomic mass is 10.1. The zero-order valence-corrected chi connectivity index (χ0v) is 6.55. The Morgan fingerprint density at radius 3 is 2.67 bits per heavy atom. The second-order valence-electron chi connectivity index (χ2n) is 2.32. The highest BCUT2D eigenvalue weighted by Crippen LogP contribution is 1.99. The third-order valence-corrected chi connectivity index (χ3v) is 1.31. The number of hydrogen-bond acceptors (Lipinski definition) is 1. The van der Waals surface area contributed by atoms with Gasteiger partial charge in [0.2, 0.25) is 0 Å². The molecule has 0 fully saturated rings. The molecule has 1 nitrogen and oxygen atoms in total. The van der Waals surface area contributed by atoms with E-state index >= 15 is 0 Å². The van der Waals surface area contributed by atoms with E-state index in [-0.39, 0.29) is 0 Å². The van der Waals surface area contributed by atoms with Crippen molar-refractivity contribution in [2.24, 2.45) is 5.92 Å². The molecule has 0 amide bonds. The van der Waals surface area contributed by atoms with Gasteiger partial charge in [0.05, 0.1) is 12.9 Å². The first kappa shape index (κ1) is 8.54. The van der Waals surface area contributed by atoms with Crippen molar-refractivity contribution in [2.75, 3.05) is 6.61 Å². The van der Waals surface area contributed by atoms with E-state index in [4.69, 9.17) is 4.74 Å². The first-order valence-electron chi connectivity index (χ1n) is 3.54. The fourth-order valence-corrected chi connectivity index (χ4v) is 0.434. The average molecular weight is 128 g/mol. The maximum Gasteiger partial charge on any atom is 0.0898 e. The minimum atomic E-state index is 0.682. The highest BCUT2D eigenvalue weighted by atomic mass is 16.5. The molecule has 0 aromatic heterocycles. The molecule has 0 saturated heterocycles. The Kier molecular flexibility index (Phi) is 5.38. The predicted molar refractivity (Wildman–Crippen MR) is 40.2 cm³/mol. The summed E-state index contributed by atoms with van der Waals surface area (Å²) in [4.78, 5) is 0. The topological polar surface area (TPSA) is 9.23 Å². The van der Waals surface area contributed by atoms with Crippen molar-refractivity contribution in [3.63, 3.8) is 0 Å². The standard InChI is InChI=1S/C8H16O/c1-4-6-9-7-8(3)5-2/h4,6,8H,5,7H2,1-3H3/t8-/m0/s1. The van der Waals surface area contributed by atoms with E-state index in [9.17, 15) is 0 Å². The molecule has 1 heteroatoms. The van der Waals surface area contributed by atoms with E-state index in [0.717, 1.165) is 6.61 Å². The molecule has 54 valence electrons. The van der Waals surface area contributed by atoms with Crippen LogP contribution in [0.25, 0.3) is 0 Å². The molecule has 0 saturated carbocycles.